The van der Waals surface area contributed by atoms with Crippen LogP contribution in [0.4, 0.5) is 24.5 Å². The number of aryl methyl sites for hydroxylation is 1. The quantitative estimate of drug-likeness (QED) is 0.906. The molecule has 2 rings (SSSR count). The molecular formula is C15H13F3N2O. The maximum absolute atomic E-state index is 13.5. The van der Waals surface area contributed by atoms with Gasteiger partial charge in [0.15, 0.2) is 11.6 Å². The molecule has 0 fully saturated rings. The van der Waals surface area contributed by atoms with Gasteiger partial charge < -0.3 is 10.6 Å². The molecule has 3 nitrogen and oxygen atoms in total. The molecule has 0 aliphatic heterocycles. The van der Waals surface area contributed by atoms with Crippen LogP contribution in [0.2, 0.25) is 0 Å². The number of benzene rings is 2. The summed E-state index contributed by atoms with van der Waals surface area (Å²) in [7, 11) is 1.74. The van der Waals surface area contributed by atoms with Gasteiger partial charge in [-0.15, -0.1) is 0 Å². The van der Waals surface area contributed by atoms with Gasteiger partial charge in [-0.1, -0.05) is 0 Å². The highest BCUT2D eigenvalue weighted by Gasteiger charge is 2.15. The number of anilines is 2. The van der Waals surface area contributed by atoms with E-state index >= 15 is 0 Å². The highest BCUT2D eigenvalue weighted by atomic mass is 19.1. The second-order valence-electron chi connectivity index (χ2n) is 4.48. The standard InChI is InChI=1S/C15H13F3N2O/c1-8-5-9(3-4-13(8)19-2)15(21)20-14-11(17)6-10(16)7-12(14)18/h3-7,19H,1-2H3,(H,20,21). The van der Waals surface area contributed by atoms with Crippen LogP contribution < -0.4 is 10.6 Å². The molecule has 0 aromatic heterocycles. The number of hydrogen-bond acceptors (Lipinski definition) is 2. The minimum atomic E-state index is -1.16. The van der Waals surface area contributed by atoms with Crippen molar-refractivity contribution in [1.82, 2.24) is 0 Å². The molecule has 0 bridgehead atoms. The Morgan fingerprint density at radius 3 is 2.19 bits per heavy atom. The van der Waals surface area contributed by atoms with Crippen LogP contribution in [0, 0.1) is 24.4 Å². The Balaban J connectivity index is 2.28. The van der Waals surface area contributed by atoms with Gasteiger partial charge in [0.1, 0.15) is 11.5 Å². The molecule has 21 heavy (non-hydrogen) atoms. The van der Waals surface area contributed by atoms with E-state index in [4.69, 9.17) is 0 Å². The Morgan fingerprint density at radius 1 is 1.05 bits per heavy atom. The summed E-state index contributed by atoms with van der Waals surface area (Å²) in [5.41, 5.74) is 1.22. The predicted molar refractivity (Wildman–Crippen MR) is 75.0 cm³/mol. The largest absolute Gasteiger partial charge is 0.388 e. The highest BCUT2D eigenvalue weighted by molar-refractivity contribution is 6.04. The van der Waals surface area contributed by atoms with Crippen LogP contribution >= 0.6 is 0 Å². The van der Waals surface area contributed by atoms with E-state index in [1.165, 1.54) is 6.07 Å². The maximum atomic E-state index is 13.5. The summed E-state index contributed by atoms with van der Waals surface area (Å²) < 4.78 is 39.8. The van der Waals surface area contributed by atoms with Crippen LogP contribution in [0.1, 0.15) is 15.9 Å². The Morgan fingerprint density at radius 2 is 1.67 bits per heavy atom. The van der Waals surface area contributed by atoms with Gasteiger partial charge >= 0.3 is 0 Å². The molecule has 0 saturated carbocycles. The smallest absolute Gasteiger partial charge is 0.255 e. The molecule has 0 spiro atoms. The Bertz CT molecular complexity index is 678. The molecule has 6 heteroatoms. The van der Waals surface area contributed by atoms with Crippen molar-refractivity contribution in [3.63, 3.8) is 0 Å². The lowest BCUT2D eigenvalue weighted by Crippen LogP contribution is -2.15. The first-order valence-electron chi connectivity index (χ1n) is 6.16. The average Bonchev–Trinajstić information content (AvgIpc) is 2.42. The summed E-state index contributed by atoms with van der Waals surface area (Å²) in [5, 5.41) is 5.05. The fourth-order valence-electron chi connectivity index (χ4n) is 1.93. The van der Waals surface area contributed by atoms with Gasteiger partial charge in [0.2, 0.25) is 0 Å². The van der Waals surface area contributed by atoms with Gasteiger partial charge in [-0.3, -0.25) is 4.79 Å². The lowest BCUT2D eigenvalue weighted by molar-refractivity contribution is 0.102. The van der Waals surface area contributed by atoms with Gasteiger partial charge in [-0.2, -0.15) is 0 Å². The van der Waals surface area contributed by atoms with Crippen molar-refractivity contribution in [3.05, 3.63) is 58.9 Å². The third-order valence-electron chi connectivity index (χ3n) is 3.00. The van der Waals surface area contributed by atoms with Crippen molar-refractivity contribution in [3.8, 4) is 0 Å². The van der Waals surface area contributed by atoms with Crippen LogP contribution in [0.5, 0.6) is 0 Å². The normalized spacial score (nSPS) is 10.3. The van der Waals surface area contributed by atoms with E-state index in [0.29, 0.717) is 12.1 Å². The molecule has 110 valence electrons. The van der Waals surface area contributed by atoms with E-state index in [9.17, 15) is 18.0 Å². The zero-order chi connectivity index (χ0) is 15.6. The fraction of sp³-hybridized carbons (Fsp3) is 0.133. The number of carbonyl (C=O) groups excluding carboxylic acids is 1. The number of amides is 1. The molecule has 2 aromatic rings. The van der Waals surface area contributed by atoms with Crippen molar-refractivity contribution < 1.29 is 18.0 Å². The number of hydrogen-bond donors (Lipinski definition) is 2. The predicted octanol–water partition coefficient (Wildman–Crippen LogP) is 3.71. The molecule has 0 aliphatic carbocycles. The van der Waals surface area contributed by atoms with Crippen molar-refractivity contribution in [2.24, 2.45) is 0 Å². The Kier molecular flexibility index (Phi) is 4.16. The topological polar surface area (TPSA) is 41.1 Å². The first-order chi connectivity index (χ1) is 9.92. The monoisotopic (exact) mass is 294 g/mol. The second-order valence-corrected chi connectivity index (χ2v) is 4.48. The Hall–Kier alpha value is -2.50. The van der Waals surface area contributed by atoms with Crippen molar-refractivity contribution in [2.45, 2.75) is 6.92 Å². The summed E-state index contributed by atoms with van der Waals surface area (Å²) in [6, 6.07) is 5.80. The lowest BCUT2D eigenvalue weighted by atomic mass is 10.1. The molecule has 0 saturated heterocycles. The van der Waals surface area contributed by atoms with Gasteiger partial charge in [-0.25, -0.2) is 13.2 Å². The summed E-state index contributed by atoms with van der Waals surface area (Å²) in [4.78, 5) is 12.0. The van der Waals surface area contributed by atoms with Gasteiger partial charge in [0, 0.05) is 30.4 Å². The fourth-order valence-corrected chi connectivity index (χ4v) is 1.93. The SMILES string of the molecule is CNc1ccc(C(=O)Nc2c(F)cc(F)cc2F)cc1C. The van der Waals surface area contributed by atoms with Gasteiger partial charge in [0.25, 0.3) is 5.91 Å². The average molecular weight is 294 g/mol. The molecule has 0 unspecified atom stereocenters. The molecule has 2 N–H and O–H groups in total. The van der Waals surface area contributed by atoms with E-state index < -0.39 is 29.0 Å². The zero-order valence-corrected chi connectivity index (χ0v) is 11.4. The molecule has 2 aromatic carbocycles. The molecule has 1 amide bonds. The van der Waals surface area contributed by atoms with E-state index in [2.05, 4.69) is 10.6 Å². The van der Waals surface area contributed by atoms with Gasteiger partial charge in [-0.05, 0) is 30.7 Å². The molecule has 0 heterocycles. The lowest BCUT2D eigenvalue weighted by Gasteiger charge is -2.10. The zero-order valence-electron chi connectivity index (χ0n) is 11.4. The minimum absolute atomic E-state index is 0.245. The second kappa shape index (κ2) is 5.87. The minimum Gasteiger partial charge on any atom is -0.388 e. The third-order valence-corrected chi connectivity index (χ3v) is 3.00. The van der Waals surface area contributed by atoms with Gasteiger partial charge in [0.05, 0.1) is 0 Å². The third kappa shape index (κ3) is 3.16. The molecule has 0 atom stereocenters. The summed E-state index contributed by atoms with van der Waals surface area (Å²) in [6.45, 7) is 1.79. The van der Waals surface area contributed by atoms with E-state index in [0.717, 1.165) is 11.3 Å². The van der Waals surface area contributed by atoms with Crippen LogP contribution in [0.15, 0.2) is 30.3 Å². The maximum Gasteiger partial charge on any atom is 0.255 e. The van der Waals surface area contributed by atoms with Crippen molar-refractivity contribution in [2.75, 3.05) is 17.7 Å². The van der Waals surface area contributed by atoms with Crippen LogP contribution in [0.3, 0.4) is 0 Å². The van der Waals surface area contributed by atoms with E-state index in [1.807, 2.05) is 0 Å². The first-order valence-corrected chi connectivity index (χ1v) is 6.16. The molecule has 0 radical (unpaired) electrons. The number of nitrogens with one attached hydrogen (secondary N) is 2. The van der Waals surface area contributed by atoms with Crippen molar-refractivity contribution in [1.29, 1.82) is 0 Å². The van der Waals surface area contributed by atoms with Crippen molar-refractivity contribution >= 4 is 17.3 Å². The van der Waals surface area contributed by atoms with Crippen LogP contribution in [0.25, 0.3) is 0 Å². The van der Waals surface area contributed by atoms with E-state index in [-0.39, 0.29) is 5.56 Å². The van der Waals surface area contributed by atoms with Crippen LogP contribution in [-0.4, -0.2) is 13.0 Å². The number of halogens is 3. The number of carbonyl (C=O) groups is 1. The van der Waals surface area contributed by atoms with Crippen LogP contribution in [-0.2, 0) is 0 Å². The first kappa shape index (κ1) is 14.9. The number of rotatable bonds is 3. The summed E-state index contributed by atoms with van der Waals surface area (Å²) >= 11 is 0. The van der Waals surface area contributed by atoms with E-state index in [1.54, 1.807) is 26.1 Å². The Labute approximate surface area is 119 Å². The summed E-state index contributed by atoms with van der Waals surface area (Å²) in [5.74, 6) is -4.05. The summed E-state index contributed by atoms with van der Waals surface area (Å²) in [6.07, 6.45) is 0. The molecule has 0 aliphatic rings. The molecular weight excluding hydrogens is 281 g/mol. The highest BCUT2D eigenvalue weighted by Crippen LogP contribution is 2.22.